The number of carbonyl (C=O) groups excluding carboxylic acids is 1. The average Bonchev–Trinajstić information content (AvgIpc) is 2.75. The molecule has 5 nitrogen and oxygen atoms in total. The van der Waals surface area contributed by atoms with E-state index < -0.39 is 0 Å². The summed E-state index contributed by atoms with van der Waals surface area (Å²) in [5, 5.41) is 8.98. The molecule has 2 heterocycles. The van der Waals surface area contributed by atoms with Crippen LogP contribution in [0.3, 0.4) is 0 Å². The van der Waals surface area contributed by atoms with E-state index in [0.717, 1.165) is 5.76 Å². The molecule has 0 saturated carbocycles. The number of morpholine rings is 1. The number of aliphatic hydroxyl groups excluding tert-OH is 1. The lowest BCUT2D eigenvalue weighted by molar-refractivity contribution is -0.0454. The Kier molecular flexibility index (Phi) is 3.26. The first kappa shape index (κ1) is 11.2. The zero-order valence-corrected chi connectivity index (χ0v) is 9.18. The van der Waals surface area contributed by atoms with Crippen molar-refractivity contribution < 1.29 is 19.1 Å². The van der Waals surface area contributed by atoms with Crippen LogP contribution in [0.4, 0.5) is 0 Å². The van der Waals surface area contributed by atoms with Crippen LogP contribution in [-0.4, -0.2) is 48.3 Å². The van der Waals surface area contributed by atoms with Gasteiger partial charge in [-0.15, -0.1) is 0 Å². The molecule has 0 radical (unpaired) electrons. The molecule has 0 spiro atoms. The molecule has 1 unspecified atom stereocenters. The molecular formula is C11H15NO4. The van der Waals surface area contributed by atoms with E-state index in [2.05, 4.69) is 0 Å². The van der Waals surface area contributed by atoms with Gasteiger partial charge >= 0.3 is 0 Å². The SMILES string of the molecule is Cc1ccc(C(=O)N2CCOC(CO)C2)o1. The van der Waals surface area contributed by atoms with Gasteiger partial charge in [0, 0.05) is 13.1 Å². The highest BCUT2D eigenvalue weighted by Gasteiger charge is 2.26. The van der Waals surface area contributed by atoms with Crippen molar-refractivity contribution in [3.8, 4) is 0 Å². The van der Waals surface area contributed by atoms with Crippen LogP contribution in [0.25, 0.3) is 0 Å². The van der Waals surface area contributed by atoms with E-state index in [1.807, 2.05) is 0 Å². The van der Waals surface area contributed by atoms with E-state index in [9.17, 15) is 4.79 Å². The van der Waals surface area contributed by atoms with E-state index >= 15 is 0 Å². The summed E-state index contributed by atoms with van der Waals surface area (Å²) in [7, 11) is 0. The van der Waals surface area contributed by atoms with Gasteiger partial charge in [-0.25, -0.2) is 0 Å². The van der Waals surface area contributed by atoms with Crippen LogP contribution in [0.15, 0.2) is 16.5 Å². The second-order valence-corrected chi connectivity index (χ2v) is 3.84. The number of aliphatic hydroxyl groups is 1. The number of amides is 1. The van der Waals surface area contributed by atoms with Gasteiger partial charge in [0.15, 0.2) is 5.76 Å². The summed E-state index contributed by atoms with van der Waals surface area (Å²) in [4.78, 5) is 13.6. The first-order valence-electron chi connectivity index (χ1n) is 5.29. The molecule has 1 saturated heterocycles. The first-order valence-corrected chi connectivity index (χ1v) is 5.29. The number of carbonyl (C=O) groups is 1. The number of aryl methyl sites for hydroxylation is 1. The lowest BCUT2D eigenvalue weighted by atomic mass is 10.2. The second-order valence-electron chi connectivity index (χ2n) is 3.84. The molecule has 1 N–H and O–H groups in total. The van der Waals surface area contributed by atoms with Crippen molar-refractivity contribution in [3.05, 3.63) is 23.7 Å². The molecule has 0 bridgehead atoms. The van der Waals surface area contributed by atoms with Crippen molar-refractivity contribution in [2.24, 2.45) is 0 Å². The fraction of sp³-hybridized carbons (Fsp3) is 0.545. The maximum absolute atomic E-state index is 12.0. The lowest BCUT2D eigenvalue weighted by Gasteiger charge is -2.31. The summed E-state index contributed by atoms with van der Waals surface area (Å²) in [6.45, 7) is 3.13. The zero-order chi connectivity index (χ0) is 11.5. The van der Waals surface area contributed by atoms with Gasteiger partial charge in [0.2, 0.25) is 0 Å². The Hall–Kier alpha value is -1.33. The molecule has 5 heteroatoms. The summed E-state index contributed by atoms with van der Waals surface area (Å²) < 4.78 is 10.5. The van der Waals surface area contributed by atoms with Crippen molar-refractivity contribution >= 4 is 5.91 Å². The number of ether oxygens (including phenoxy) is 1. The van der Waals surface area contributed by atoms with E-state index in [1.54, 1.807) is 24.0 Å². The van der Waals surface area contributed by atoms with Crippen LogP contribution in [-0.2, 0) is 4.74 Å². The molecule has 1 aliphatic rings. The van der Waals surface area contributed by atoms with Gasteiger partial charge in [-0.3, -0.25) is 4.79 Å². The minimum absolute atomic E-state index is 0.0685. The van der Waals surface area contributed by atoms with Crippen molar-refractivity contribution in [3.63, 3.8) is 0 Å². The predicted octanol–water partition coefficient (Wildman–Crippen LogP) is 0.421. The highest BCUT2D eigenvalue weighted by molar-refractivity contribution is 5.91. The summed E-state index contributed by atoms with van der Waals surface area (Å²) >= 11 is 0. The molecule has 1 aromatic heterocycles. The third-order valence-electron chi connectivity index (χ3n) is 2.58. The molecule has 1 aromatic rings. The Morgan fingerprint density at radius 2 is 2.44 bits per heavy atom. The van der Waals surface area contributed by atoms with Gasteiger partial charge in [0.25, 0.3) is 5.91 Å². The van der Waals surface area contributed by atoms with Crippen molar-refractivity contribution in [2.45, 2.75) is 13.0 Å². The minimum Gasteiger partial charge on any atom is -0.456 e. The number of hydrogen-bond donors (Lipinski definition) is 1. The Bertz CT molecular complexity index is 374. The van der Waals surface area contributed by atoms with Crippen LogP contribution in [0, 0.1) is 6.92 Å². The zero-order valence-electron chi connectivity index (χ0n) is 9.18. The van der Waals surface area contributed by atoms with Crippen molar-refractivity contribution in [1.82, 2.24) is 4.90 Å². The van der Waals surface area contributed by atoms with E-state index in [4.69, 9.17) is 14.3 Å². The summed E-state index contributed by atoms with van der Waals surface area (Å²) in [6, 6.07) is 3.43. The first-order chi connectivity index (χ1) is 7.70. The summed E-state index contributed by atoms with van der Waals surface area (Å²) in [5.74, 6) is 0.918. The maximum Gasteiger partial charge on any atom is 0.289 e. The molecule has 1 amide bonds. The molecule has 16 heavy (non-hydrogen) atoms. The largest absolute Gasteiger partial charge is 0.456 e. The molecule has 1 fully saturated rings. The highest BCUT2D eigenvalue weighted by Crippen LogP contribution is 2.13. The lowest BCUT2D eigenvalue weighted by Crippen LogP contribution is -2.46. The van der Waals surface area contributed by atoms with Crippen LogP contribution >= 0.6 is 0 Å². The Morgan fingerprint density at radius 1 is 1.62 bits per heavy atom. The topological polar surface area (TPSA) is 62.9 Å². The summed E-state index contributed by atoms with van der Waals surface area (Å²) in [6.07, 6.45) is -0.284. The highest BCUT2D eigenvalue weighted by atomic mass is 16.5. The van der Waals surface area contributed by atoms with Gasteiger partial charge in [0.05, 0.1) is 19.3 Å². The molecule has 1 aliphatic heterocycles. The second kappa shape index (κ2) is 4.67. The van der Waals surface area contributed by atoms with E-state index in [1.165, 1.54) is 0 Å². The van der Waals surface area contributed by atoms with Crippen LogP contribution in [0.1, 0.15) is 16.3 Å². The number of rotatable bonds is 2. The molecule has 1 atom stereocenters. The maximum atomic E-state index is 12.0. The van der Waals surface area contributed by atoms with E-state index in [-0.39, 0.29) is 18.6 Å². The van der Waals surface area contributed by atoms with E-state index in [0.29, 0.717) is 25.5 Å². The fourth-order valence-electron chi connectivity index (χ4n) is 1.72. The summed E-state index contributed by atoms with van der Waals surface area (Å²) in [5.41, 5.74) is 0. The molecule has 88 valence electrons. The number of nitrogens with zero attached hydrogens (tertiary/aromatic N) is 1. The monoisotopic (exact) mass is 225 g/mol. The van der Waals surface area contributed by atoms with Crippen molar-refractivity contribution in [1.29, 1.82) is 0 Å². The smallest absolute Gasteiger partial charge is 0.289 e. The van der Waals surface area contributed by atoms with Gasteiger partial charge in [-0.1, -0.05) is 0 Å². The van der Waals surface area contributed by atoms with Gasteiger partial charge < -0.3 is 19.2 Å². The standard InChI is InChI=1S/C11H15NO4/c1-8-2-3-10(16-8)11(14)12-4-5-15-9(6-12)7-13/h2-3,9,13H,4-7H2,1H3. The van der Waals surface area contributed by atoms with Crippen LogP contribution in [0.5, 0.6) is 0 Å². The fourth-order valence-corrected chi connectivity index (χ4v) is 1.72. The molecular weight excluding hydrogens is 210 g/mol. The third-order valence-corrected chi connectivity index (χ3v) is 2.58. The molecule has 2 rings (SSSR count). The average molecular weight is 225 g/mol. The molecule has 0 aliphatic carbocycles. The normalized spacial score (nSPS) is 21.1. The third kappa shape index (κ3) is 2.25. The van der Waals surface area contributed by atoms with Crippen molar-refractivity contribution in [2.75, 3.05) is 26.3 Å². The van der Waals surface area contributed by atoms with Gasteiger partial charge in [0.1, 0.15) is 5.76 Å². The number of hydrogen-bond acceptors (Lipinski definition) is 4. The van der Waals surface area contributed by atoms with Crippen LogP contribution < -0.4 is 0 Å². The van der Waals surface area contributed by atoms with Gasteiger partial charge in [-0.05, 0) is 19.1 Å². The quantitative estimate of drug-likeness (QED) is 0.792. The minimum atomic E-state index is -0.284. The van der Waals surface area contributed by atoms with Gasteiger partial charge in [-0.2, -0.15) is 0 Å². The Labute approximate surface area is 93.6 Å². The Morgan fingerprint density at radius 3 is 3.06 bits per heavy atom. The predicted molar refractivity (Wildman–Crippen MR) is 56.2 cm³/mol. The molecule has 0 aromatic carbocycles. The van der Waals surface area contributed by atoms with Crippen LogP contribution in [0.2, 0.25) is 0 Å². The number of furan rings is 1. The Balaban J connectivity index is 2.04.